The van der Waals surface area contributed by atoms with Crippen LogP contribution in [-0.2, 0) is 6.42 Å². The number of aryl methyl sites for hydroxylation is 1. The van der Waals surface area contributed by atoms with Gasteiger partial charge in [-0.15, -0.1) is 0 Å². The van der Waals surface area contributed by atoms with Crippen molar-refractivity contribution < 1.29 is 14.6 Å². The summed E-state index contributed by atoms with van der Waals surface area (Å²) in [5, 5.41) is 11.7. The third-order valence-corrected chi connectivity index (χ3v) is 4.01. The number of nitrogens with one attached hydrogen (secondary N) is 2. The number of carboxylic acid groups (broad SMARTS) is 1. The second kappa shape index (κ2) is 6.62. The van der Waals surface area contributed by atoms with E-state index in [-0.39, 0.29) is 0 Å². The molecule has 0 aliphatic heterocycles. The smallest absolute Gasteiger partial charge is 0.405 e. The Morgan fingerprint density at radius 2 is 2.12 bits per heavy atom. The number of para-hydroxylation sites is 2. The van der Waals surface area contributed by atoms with E-state index in [1.807, 2.05) is 49.4 Å². The van der Waals surface area contributed by atoms with Gasteiger partial charge in [0, 0.05) is 6.42 Å². The van der Waals surface area contributed by atoms with Crippen molar-refractivity contribution in [2.75, 3.05) is 7.11 Å². The number of methoxy groups -OCH3 is 1. The van der Waals surface area contributed by atoms with Crippen molar-refractivity contribution in [2.24, 2.45) is 0 Å². The molecule has 2 aromatic carbocycles. The summed E-state index contributed by atoms with van der Waals surface area (Å²) in [6, 6.07) is 12.9. The first-order valence-electron chi connectivity index (χ1n) is 7.64. The Morgan fingerprint density at radius 3 is 2.79 bits per heavy atom. The van der Waals surface area contributed by atoms with Crippen LogP contribution >= 0.6 is 0 Å². The van der Waals surface area contributed by atoms with Crippen LogP contribution in [0.2, 0.25) is 0 Å². The van der Waals surface area contributed by atoms with Gasteiger partial charge < -0.3 is 20.1 Å². The third-order valence-electron chi connectivity index (χ3n) is 4.01. The van der Waals surface area contributed by atoms with Crippen molar-refractivity contribution in [3.8, 4) is 5.75 Å². The number of aromatic amines is 1. The molecule has 24 heavy (non-hydrogen) atoms. The second-order valence-corrected chi connectivity index (χ2v) is 5.64. The number of hydrogen-bond donors (Lipinski definition) is 3. The summed E-state index contributed by atoms with van der Waals surface area (Å²) in [6.45, 7) is 1.98. The molecule has 124 valence electrons. The number of ether oxygens (including phenoxy) is 1. The van der Waals surface area contributed by atoms with E-state index in [9.17, 15) is 9.90 Å². The number of H-pyrrole nitrogens is 1. The number of amides is 1. The molecule has 0 aliphatic rings. The van der Waals surface area contributed by atoms with Crippen molar-refractivity contribution in [1.82, 2.24) is 15.3 Å². The van der Waals surface area contributed by atoms with Crippen molar-refractivity contribution in [2.45, 2.75) is 19.4 Å². The zero-order valence-corrected chi connectivity index (χ0v) is 13.5. The van der Waals surface area contributed by atoms with Gasteiger partial charge in [0.2, 0.25) is 0 Å². The van der Waals surface area contributed by atoms with E-state index < -0.39 is 12.1 Å². The molecule has 0 radical (unpaired) electrons. The molecule has 0 saturated carbocycles. The fourth-order valence-electron chi connectivity index (χ4n) is 2.75. The van der Waals surface area contributed by atoms with Gasteiger partial charge in [-0.25, -0.2) is 9.78 Å². The van der Waals surface area contributed by atoms with E-state index in [0.717, 1.165) is 27.9 Å². The lowest BCUT2D eigenvalue weighted by atomic mass is 10.0. The topological polar surface area (TPSA) is 87.2 Å². The van der Waals surface area contributed by atoms with Crippen LogP contribution in [0.4, 0.5) is 4.79 Å². The van der Waals surface area contributed by atoms with Crippen molar-refractivity contribution in [3.05, 3.63) is 59.4 Å². The SMILES string of the molecule is COc1ccc(CC(NC(=O)O)c2nc3ccccc3[nH]2)c(C)c1. The first kappa shape index (κ1) is 15.9. The molecular weight excluding hydrogens is 306 g/mol. The summed E-state index contributed by atoms with van der Waals surface area (Å²) >= 11 is 0. The third kappa shape index (κ3) is 3.32. The van der Waals surface area contributed by atoms with Crippen LogP contribution in [0.25, 0.3) is 11.0 Å². The standard InChI is InChI=1S/C18H19N3O3/c1-11-9-13(24-2)8-7-12(11)10-16(21-18(22)23)17-19-14-5-3-4-6-15(14)20-17/h3-9,16,21H,10H2,1-2H3,(H,19,20)(H,22,23). The summed E-state index contributed by atoms with van der Waals surface area (Å²) < 4.78 is 5.22. The van der Waals surface area contributed by atoms with E-state index in [2.05, 4.69) is 15.3 Å². The lowest BCUT2D eigenvalue weighted by Crippen LogP contribution is -2.29. The highest BCUT2D eigenvalue weighted by atomic mass is 16.5. The van der Waals surface area contributed by atoms with Gasteiger partial charge in [-0.05, 0) is 42.3 Å². The van der Waals surface area contributed by atoms with Crippen molar-refractivity contribution in [1.29, 1.82) is 0 Å². The Balaban J connectivity index is 1.93. The number of nitrogens with zero attached hydrogens (tertiary/aromatic N) is 1. The number of hydrogen-bond acceptors (Lipinski definition) is 3. The van der Waals surface area contributed by atoms with Crippen molar-refractivity contribution >= 4 is 17.1 Å². The fourth-order valence-corrected chi connectivity index (χ4v) is 2.75. The van der Waals surface area contributed by atoms with Gasteiger partial charge in [0.1, 0.15) is 11.6 Å². The Labute approximate surface area is 139 Å². The molecule has 3 N–H and O–H groups in total. The molecule has 1 aromatic heterocycles. The maximum atomic E-state index is 11.2. The van der Waals surface area contributed by atoms with Gasteiger partial charge in [-0.1, -0.05) is 18.2 Å². The molecule has 6 heteroatoms. The van der Waals surface area contributed by atoms with E-state index in [1.165, 1.54) is 0 Å². The van der Waals surface area contributed by atoms with Gasteiger partial charge in [0.05, 0.1) is 24.2 Å². The average Bonchev–Trinajstić information content (AvgIpc) is 2.99. The molecule has 0 spiro atoms. The molecule has 0 bridgehead atoms. The van der Waals surface area contributed by atoms with E-state index >= 15 is 0 Å². The molecule has 3 rings (SSSR count). The number of aromatic nitrogens is 2. The van der Waals surface area contributed by atoms with Crippen LogP contribution in [0.5, 0.6) is 5.75 Å². The minimum absolute atomic E-state index is 0.456. The number of benzene rings is 2. The van der Waals surface area contributed by atoms with Gasteiger partial charge >= 0.3 is 6.09 Å². The minimum Gasteiger partial charge on any atom is -0.497 e. The highest BCUT2D eigenvalue weighted by Gasteiger charge is 2.19. The number of carbonyl (C=O) groups is 1. The first-order chi connectivity index (χ1) is 11.6. The summed E-state index contributed by atoms with van der Waals surface area (Å²) in [5.74, 6) is 1.39. The van der Waals surface area contributed by atoms with Crippen LogP contribution in [0, 0.1) is 6.92 Å². The Hall–Kier alpha value is -3.02. The molecule has 0 fully saturated rings. The lowest BCUT2D eigenvalue weighted by Gasteiger charge is -2.16. The minimum atomic E-state index is -1.08. The second-order valence-electron chi connectivity index (χ2n) is 5.64. The lowest BCUT2D eigenvalue weighted by molar-refractivity contribution is 0.189. The maximum absolute atomic E-state index is 11.2. The summed E-state index contributed by atoms with van der Waals surface area (Å²) in [6.07, 6.45) is -0.575. The number of fused-ring (bicyclic) bond motifs is 1. The highest BCUT2D eigenvalue weighted by molar-refractivity contribution is 5.75. The summed E-state index contributed by atoms with van der Waals surface area (Å²) in [4.78, 5) is 18.9. The van der Waals surface area contributed by atoms with E-state index in [4.69, 9.17) is 4.74 Å². The monoisotopic (exact) mass is 325 g/mol. The fraction of sp³-hybridized carbons (Fsp3) is 0.222. The van der Waals surface area contributed by atoms with E-state index in [1.54, 1.807) is 7.11 Å². The van der Waals surface area contributed by atoms with Crippen LogP contribution in [0.3, 0.4) is 0 Å². The highest BCUT2D eigenvalue weighted by Crippen LogP contribution is 2.24. The average molecular weight is 325 g/mol. The number of imidazole rings is 1. The Morgan fingerprint density at radius 1 is 1.33 bits per heavy atom. The predicted octanol–water partition coefficient (Wildman–Crippen LogP) is 3.43. The molecule has 1 heterocycles. The van der Waals surface area contributed by atoms with Crippen LogP contribution in [0.1, 0.15) is 23.0 Å². The van der Waals surface area contributed by atoms with Crippen LogP contribution in [0.15, 0.2) is 42.5 Å². The quantitative estimate of drug-likeness (QED) is 0.670. The maximum Gasteiger partial charge on any atom is 0.405 e. The first-order valence-corrected chi connectivity index (χ1v) is 7.64. The molecule has 6 nitrogen and oxygen atoms in total. The molecule has 3 aromatic rings. The molecule has 0 saturated heterocycles. The molecule has 1 atom stereocenters. The van der Waals surface area contributed by atoms with E-state index in [0.29, 0.717) is 12.2 Å². The van der Waals surface area contributed by atoms with Gasteiger partial charge in [-0.2, -0.15) is 0 Å². The molecule has 1 amide bonds. The van der Waals surface area contributed by atoms with Gasteiger partial charge in [0.25, 0.3) is 0 Å². The van der Waals surface area contributed by atoms with Crippen molar-refractivity contribution in [3.63, 3.8) is 0 Å². The Kier molecular flexibility index (Phi) is 4.37. The zero-order valence-electron chi connectivity index (χ0n) is 13.5. The van der Waals surface area contributed by atoms with Crippen LogP contribution < -0.4 is 10.1 Å². The van der Waals surface area contributed by atoms with Crippen LogP contribution in [-0.4, -0.2) is 28.3 Å². The molecule has 0 aliphatic carbocycles. The van der Waals surface area contributed by atoms with Gasteiger partial charge in [-0.3, -0.25) is 0 Å². The Bertz CT molecular complexity index is 840. The zero-order chi connectivity index (χ0) is 17.1. The van der Waals surface area contributed by atoms with Gasteiger partial charge in [0.15, 0.2) is 0 Å². The molecular formula is C18H19N3O3. The normalized spacial score (nSPS) is 12.1. The summed E-state index contributed by atoms with van der Waals surface area (Å²) in [7, 11) is 1.62. The largest absolute Gasteiger partial charge is 0.497 e. The summed E-state index contributed by atoms with van der Waals surface area (Å²) in [5.41, 5.74) is 3.78. The molecule has 1 unspecified atom stereocenters. The predicted molar refractivity (Wildman–Crippen MR) is 91.4 cm³/mol. The number of rotatable bonds is 5.